The molecule has 3 nitrogen and oxygen atoms in total. The van der Waals surface area contributed by atoms with E-state index in [0.717, 1.165) is 12.8 Å². The summed E-state index contributed by atoms with van der Waals surface area (Å²) < 4.78 is 10.3. The Kier molecular flexibility index (Phi) is 5.29. The monoisotopic (exact) mass is 256 g/mol. The Balaban J connectivity index is 3.03. The molecule has 1 aromatic carbocycles. The second kappa shape index (κ2) is 6.50. The summed E-state index contributed by atoms with van der Waals surface area (Å²) in [6, 6.07) is 3.25. The van der Waals surface area contributed by atoms with Gasteiger partial charge in [-0.1, -0.05) is 24.9 Å². The van der Waals surface area contributed by atoms with Crippen LogP contribution in [-0.4, -0.2) is 20.0 Å². The zero-order valence-electron chi connectivity index (χ0n) is 10.4. The normalized spacial score (nSPS) is 10.1. The number of carbonyl (C=O) groups excluding carboxylic acids is 1. The molecule has 0 aliphatic rings. The highest BCUT2D eigenvalue weighted by atomic mass is 35.5. The molecule has 4 heteroatoms. The maximum atomic E-state index is 11.9. The third kappa shape index (κ3) is 3.37. The fourth-order valence-corrected chi connectivity index (χ4v) is 1.80. The van der Waals surface area contributed by atoms with E-state index < -0.39 is 0 Å². The fourth-order valence-electron chi connectivity index (χ4n) is 1.54. The summed E-state index contributed by atoms with van der Waals surface area (Å²) in [6.07, 6.45) is 2.35. The average molecular weight is 257 g/mol. The van der Waals surface area contributed by atoms with E-state index in [1.165, 1.54) is 14.2 Å². The van der Waals surface area contributed by atoms with Crippen molar-refractivity contribution in [2.45, 2.75) is 26.2 Å². The Morgan fingerprint density at radius 2 is 1.82 bits per heavy atom. The van der Waals surface area contributed by atoms with Crippen molar-refractivity contribution < 1.29 is 14.3 Å². The predicted molar refractivity (Wildman–Crippen MR) is 68.4 cm³/mol. The Bertz CT molecular complexity index is 402. The van der Waals surface area contributed by atoms with Gasteiger partial charge in [0.2, 0.25) is 0 Å². The van der Waals surface area contributed by atoms with Crippen molar-refractivity contribution in [2.75, 3.05) is 14.2 Å². The lowest BCUT2D eigenvalue weighted by atomic mass is 10.0. The standard InChI is InChI=1S/C13H17ClO3/c1-4-5-6-11(15)9-7-12(16-2)13(17-3)8-10(9)14/h7-8H,4-6H2,1-3H3. The predicted octanol–water partition coefficient (Wildman–Crippen LogP) is 3.73. The summed E-state index contributed by atoms with van der Waals surface area (Å²) in [4.78, 5) is 11.9. The first-order valence-corrected chi connectivity index (χ1v) is 5.96. The van der Waals surface area contributed by atoms with Crippen molar-refractivity contribution in [3.8, 4) is 11.5 Å². The first kappa shape index (κ1) is 13.8. The fraction of sp³-hybridized carbons (Fsp3) is 0.462. The van der Waals surface area contributed by atoms with Gasteiger partial charge >= 0.3 is 0 Å². The third-order valence-corrected chi connectivity index (χ3v) is 2.84. The van der Waals surface area contributed by atoms with Gasteiger partial charge in [-0.25, -0.2) is 0 Å². The number of benzene rings is 1. The maximum Gasteiger partial charge on any atom is 0.164 e. The van der Waals surface area contributed by atoms with Gasteiger partial charge in [0.15, 0.2) is 17.3 Å². The van der Waals surface area contributed by atoms with E-state index >= 15 is 0 Å². The van der Waals surface area contributed by atoms with Crippen LogP contribution in [-0.2, 0) is 0 Å². The number of ether oxygens (including phenoxy) is 2. The van der Waals surface area contributed by atoms with Crippen LogP contribution in [0.25, 0.3) is 0 Å². The summed E-state index contributed by atoms with van der Waals surface area (Å²) in [6.45, 7) is 2.05. The van der Waals surface area contributed by atoms with E-state index in [1.807, 2.05) is 6.92 Å². The molecule has 0 bridgehead atoms. The Hall–Kier alpha value is -1.22. The average Bonchev–Trinajstić information content (AvgIpc) is 2.35. The van der Waals surface area contributed by atoms with E-state index in [9.17, 15) is 4.79 Å². The number of carbonyl (C=O) groups is 1. The van der Waals surface area contributed by atoms with Crippen molar-refractivity contribution in [3.05, 3.63) is 22.7 Å². The maximum absolute atomic E-state index is 11.9. The van der Waals surface area contributed by atoms with Gasteiger partial charge in [-0.2, -0.15) is 0 Å². The Morgan fingerprint density at radius 1 is 1.24 bits per heavy atom. The van der Waals surface area contributed by atoms with Crippen molar-refractivity contribution in [2.24, 2.45) is 0 Å². The van der Waals surface area contributed by atoms with Crippen molar-refractivity contribution in [1.29, 1.82) is 0 Å². The topological polar surface area (TPSA) is 35.5 Å². The number of halogens is 1. The van der Waals surface area contributed by atoms with Crippen molar-refractivity contribution in [3.63, 3.8) is 0 Å². The lowest BCUT2D eigenvalue weighted by molar-refractivity contribution is 0.0979. The van der Waals surface area contributed by atoms with Crippen LogP contribution in [0.1, 0.15) is 36.5 Å². The smallest absolute Gasteiger partial charge is 0.164 e. The molecule has 1 aromatic rings. The number of hydrogen-bond acceptors (Lipinski definition) is 3. The summed E-state index contributed by atoms with van der Waals surface area (Å²) >= 11 is 6.05. The minimum absolute atomic E-state index is 0.0396. The molecule has 0 saturated carbocycles. The molecular formula is C13H17ClO3. The molecule has 0 spiro atoms. The van der Waals surface area contributed by atoms with Gasteiger partial charge in [-0.3, -0.25) is 4.79 Å². The lowest BCUT2D eigenvalue weighted by Crippen LogP contribution is -2.01. The van der Waals surface area contributed by atoms with E-state index in [0.29, 0.717) is 28.5 Å². The van der Waals surface area contributed by atoms with Gasteiger partial charge in [0.05, 0.1) is 19.2 Å². The number of rotatable bonds is 6. The quantitative estimate of drug-likeness (QED) is 0.728. The van der Waals surface area contributed by atoms with Crippen LogP contribution in [0, 0.1) is 0 Å². The van der Waals surface area contributed by atoms with Gasteiger partial charge in [-0.05, 0) is 12.5 Å². The minimum Gasteiger partial charge on any atom is -0.493 e. The molecule has 0 heterocycles. The molecule has 17 heavy (non-hydrogen) atoms. The van der Waals surface area contributed by atoms with Crippen LogP contribution in [0.15, 0.2) is 12.1 Å². The molecule has 0 unspecified atom stereocenters. The van der Waals surface area contributed by atoms with Crippen LogP contribution >= 0.6 is 11.6 Å². The highest BCUT2D eigenvalue weighted by Crippen LogP contribution is 2.33. The summed E-state index contributed by atoms with van der Waals surface area (Å²) in [5.74, 6) is 1.10. The summed E-state index contributed by atoms with van der Waals surface area (Å²) in [7, 11) is 3.07. The molecule has 94 valence electrons. The number of ketones is 1. The van der Waals surface area contributed by atoms with Crippen LogP contribution in [0.4, 0.5) is 0 Å². The molecule has 0 saturated heterocycles. The largest absolute Gasteiger partial charge is 0.493 e. The zero-order chi connectivity index (χ0) is 12.8. The molecule has 0 aromatic heterocycles. The molecule has 0 atom stereocenters. The molecular weight excluding hydrogens is 240 g/mol. The number of Topliss-reactive ketones (excluding diaryl/α,β-unsaturated/α-hetero) is 1. The molecule has 1 rings (SSSR count). The first-order chi connectivity index (χ1) is 8.13. The van der Waals surface area contributed by atoms with Crippen LogP contribution < -0.4 is 9.47 Å². The molecule has 0 amide bonds. The van der Waals surface area contributed by atoms with Crippen LogP contribution in [0.5, 0.6) is 11.5 Å². The lowest BCUT2D eigenvalue weighted by Gasteiger charge is -2.10. The van der Waals surface area contributed by atoms with Gasteiger partial charge in [0, 0.05) is 18.1 Å². The van der Waals surface area contributed by atoms with Crippen LogP contribution in [0.3, 0.4) is 0 Å². The van der Waals surface area contributed by atoms with Crippen molar-refractivity contribution in [1.82, 2.24) is 0 Å². The molecule has 0 aliphatic carbocycles. The van der Waals surface area contributed by atoms with Crippen LogP contribution in [0.2, 0.25) is 5.02 Å². The number of unbranched alkanes of at least 4 members (excludes halogenated alkanes) is 1. The zero-order valence-corrected chi connectivity index (χ0v) is 11.1. The van der Waals surface area contributed by atoms with Gasteiger partial charge in [-0.15, -0.1) is 0 Å². The van der Waals surface area contributed by atoms with E-state index in [1.54, 1.807) is 12.1 Å². The van der Waals surface area contributed by atoms with E-state index in [-0.39, 0.29) is 5.78 Å². The molecule has 0 fully saturated rings. The minimum atomic E-state index is 0.0396. The second-order valence-corrected chi connectivity index (χ2v) is 4.12. The Morgan fingerprint density at radius 3 is 2.35 bits per heavy atom. The summed E-state index contributed by atoms with van der Waals surface area (Å²) in [5.41, 5.74) is 0.498. The second-order valence-electron chi connectivity index (χ2n) is 3.71. The van der Waals surface area contributed by atoms with Gasteiger partial charge in [0.1, 0.15) is 0 Å². The SMILES string of the molecule is CCCCC(=O)c1cc(OC)c(OC)cc1Cl. The third-order valence-electron chi connectivity index (χ3n) is 2.53. The first-order valence-electron chi connectivity index (χ1n) is 5.58. The molecule has 0 radical (unpaired) electrons. The highest BCUT2D eigenvalue weighted by molar-refractivity contribution is 6.34. The summed E-state index contributed by atoms with van der Waals surface area (Å²) in [5, 5.41) is 0.406. The highest BCUT2D eigenvalue weighted by Gasteiger charge is 2.15. The molecule has 0 aliphatic heterocycles. The van der Waals surface area contributed by atoms with Gasteiger partial charge in [0.25, 0.3) is 0 Å². The van der Waals surface area contributed by atoms with Gasteiger partial charge < -0.3 is 9.47 Å². The van der Waals surface area contributed by atoms with Crippen molar-refractivity contribution >= 4 is 17.4 Å². The van der Waals surface area contributed by atoms with E-state index in [4.69, 9.17) is 21.1 Å². The Labute approximate surface area is 107 Å². The molecule has 0 N–H and O–H groups in total. The number of methoxy groups -OCH3 is 2. The van der Waals surface area contributed by atoms with E-state index in [2.05, 4.69) is 0 Å². The number of hydrogen-bond donors (Lipinski definition) is 0.